The molecule has 0 radical (unpaired) electrons. The molecule has 2 aromatic carbocycles. The van der Waals surface area contributed by atoms with Gasteiger partial charge in [-0.25, -0.2) is 0 Å². The third-order valence-corrected chi connectivity index (χ3v) is 4.98. The molecule has 2 aromatic rings. The maximum atomic E-state index is 12.9. The van der Waals surface area contributed by atoms with Gasteiger partial charge in [0.05, 0.1) is 19.3 Å². The molecule has 142 valence electrons. The highest BCUT2D eigenvalue weighted by Crippen LogP contribution is 2.49. The van der Waals surface area contributed by atoms with E-state index in [2.05, 4.69) is 34.6 Å². The predicted octanol–water partition coefficient (Wildman–Crippen LogP) is 5.74. The van der Waals surface area contributed by atoms with Gasteiger partial charge in [-0.05, 0) is 23.1 Å². The van der Waals surface area contributed by atoms with E-state index in [4.69, 9.17) is 9.47 Å². The van der Waals surface area contributed by atoms with Crippen LogP contribution in [-0.4, -0.2) is 19.5 Å². The number of rotatable bonds is 4. The van der Waals surface area contributed by atoms with Crippen molar-refractivity contribution >= 4 is 11.5 Å². The van der Waals surface area contributed by atoms with E-state index in [1.54, 1.807) is 7.11 Å². The summed E-state index contributed by atoms with van der Waals surface area (Å²) in [5.74, 6) is 1.43. The molecule has 0 aromatic heterocycles. The molecular weight excluding hydrogens is 336 g/mol. The van der Waals surface area contributed by atoms with Gasteiger partial charge in [0.15, 0.2) is 5.78 Å². The molecule has 1 aliphatic heterocycles. The Balaban J connectivity index is 2.08. The van der Waals surface area contributed by atoms with Gasteiger partial charge in [-0.2, -0.15) is 0 Å². The van der Waals surface area contributed by atoms with E-state index in [0.717, 1.165) is 11.3 Å². The van der Waals surface area contributed by atoms with Gasteiger partial charge in [-0.3, -0.25) is 4.79 Å². The lowest BCUT2D eigenvalue weighted by molar-refractivity contribution is 0.103. The Bertz CT molecular complexity index is 884. The van der Waals surface area contributed by atoms with E-state index in [9.17, 15) is 4.79 Å². The quantitative estimate of drug-likeness (QED) is 0.649. The first-order valence-electron chi connectivity index (χ1n) is 9.31. The molecule has 3 heteroatoms. The number of carbonyl (C=O) groups is 1. The van der Waals surface area contributed by atoms with Gasteiger partial charge in [0.2, 0.25) is 0 Å². The summed E-state index contributed by atoms with van der Waals surface area (Å²) in [6, 6.07) is 15.0. The highest BCUT2D eigenvalue weighted by Gasteiger charge is 2.41. The molecule has 3 rings (SSSR count). The van der Waals surface area contributed by atoms with E-state index >= 15 is 0 Å². The summed E-state index contributed by atoms with van der Waals surface area (Å²) >= 11 is 0. The molecule has 1 heterocycles. The highest BCUT2D eigenvalue weighted by atomic mass is 16.5. The lowest BCUT2D eigenvalue weighted by atomic mass is 9.71. The van der Waals surface area contributed by atoms with E-state index in [1.165, 1.54) is 5.57 Å². The molecule has 0 atom stereocenters. The lowest BCUT2D eigenvalue weighted by Crippen LogP contribution is -2.24. The zero-order valence-corrected chi connectivity index (χ0v) is 17.1. The zero-order valence-electron chi connectivity index (χ0n) is 17.1. The van der Waals surface area contributed by atoms with Crippen molar-refractivity contribution < 1.29 is 14.3 Å². The van der Waals surface area contributed by atoms with Gasteiger partial charge in [-0.15, -0.1) is 0 Å². The first-order chi connectivity index (χ1) is 12.6. The zero-order chi connectivity index (χ0) is 19.8. The van der Waals surface area contributed by atoms with Crippen LogP contribution in [0.15, 0.2) is 54.1 Å². The first-order valence-corrected chi connectivity index (χ1v) is 9.31. The van der Waals surface area contributed by atoms with Gasteiger partial charge in [0.25, 0.3) is 0 Å². The van der Waals surface area contributed by atoms with Crippen LogP contribution in [0.1, 0.15) is 56.1 Å². The SMILES string of the molecule is COc1cc(C2=C(C(C)(C)C)C(C)(C)CO2)ccc1C(=O)c1ccccc1. The summed E-state index contributed by atoms with van der Waals surface area (Å²) < 4.78 is 11.7. The topological polar surface area (TPSA) is 35.5 Å². The second-order valence-electron chi connectivity index (χ2n) is 8.74. The van der Waals surface area contributed by atoms with Crippen molar-refractivity contribution in [2.24, 2.45) is 10.8 Å². The van der Waals surface area contributed by atoms with Gasteiger partial charge >= 0.3 is 0 Å². The van der Waals surface area contributed by atoms with Crippen molar-refractivity contribution in [3.05, 3.63) is 70.8 Å². The van der Waals surface area contributed by atoms with Crippen LogP contribution in [0.5, 0.6) is 5.75 Å². The Morgan fingerprint density at radius 2 is 1.74 bits per heavy atom. The van der Waals surface area contributed by atoms with E-state index in [1.807, 2.05) is 48.5 Å². The molecule has 0 fully saturated rings. The summed E-state index contributed by atoms with van der Waals surface area (Å²) in [4.78, 5) is 12.9. The summed E-state index contributed by atoms with van der Waals surface area (Å²) in [5, 5.41) is 0. The lowest BCUT2D eigenvalue weighted by Gasteiger charge is -2.30. The van der Waals surface area contributed by atoms with E-state index in [0.29, 0.717) is 23.5 Å². The van der Waals surface area contributed by atoms with Gasteiger partial charge in [-0.1, -0.05) is 71.0 Å². The second-order valence-corrected chi connectivity index (χ2v) is 8.74. The van der Waals surface area contributed by atoms with Crippen LogP contribution in [0.4, 0.5) is 0 Å². The molecule has 0 amide bonds. The maximum absolute atomic E-state index is 12.9. The fourth-order valence-corrected chi connectivity index (χ4v) is 4.05. The molecule has 27 heavy (non-hydrogen) atoms. The summed E-state index contributed by atoms with van der Waals surface area (Å²) in [7, 11) is 1.60. The average molecular weight is 364 g/mol. The molecule has 3 nitrogen and oxygen atoms in total. The van der Waals surface area contributed by atoms with Crippen molar-refractivity contribution in [3.63, 3.8) is 0 Å². The molecule has 0 aliphatic carbocycles. The minimum absolute atomic E-state index is 0.0128. The molecule has 0 spiro atoms. The number of benzene rings is 2. The Morgan fingerprint density at radius 3 is 2.33 bits per heavy atom. The van der Waals surface area contributed by atoms with Crippen molar-refractivity contribution in [2.75, 3.05) is 13.7 Å². The van der Waals surface area contributed by atoms with Crippen LogP contribution in [-0.2, 0) is 4.74 Å². The molecule has 0 N–H and O–H groups in total. The summed E-state index contributed by atoms with van der Waals surface area (Å²) in [6.07, 6.45) is 0. The van der Waals surface area contributed by atoms with Gasteiger partial charge < -0.3 is 9.47 Å². The Morgan fingerprint density at radius 1 is 1.07 bits per heavy atom. The standard InChI is InChI=1S/C24H28O3/c1-23(2,3)22-21(27-15-24(22,4)5)17-12-13-18(19(14-17)26-6)20(25)16-10-8-7-9-11-16/h7-14H,15H2,1-6H3. The fourth-order valence-electron chi connectivity index (χ4n) is 4.05. The second kappa shape index (κ2) is 6.88. The minimum Gasteiger partial charge on any atom is -0.496 e. The largest absolute Gasteiger partial charge is 0.496 e. The predicted molar refractivity (Wildman–Crippen MR) is 109 cm³/mol. The number of ketones is 1. The van der Waals surface area contributed by atoms with E-state index < -0.39 is 0 Å². The first kappa shape index (κ1) is 19.2. The molecule has 0 saturated heterocycles. The third-order valence-electron chi connectivity index (χ3n) is 4.98. The summed E-state index contributed by atoms with van der Waals surface area (Å²) in [5.41, 5.74) is 3.41. The molecule has 1 aliphatic rings. The van der Waals surface area contributed by atoms with Crippen molar-refractivity contribution in [1.82, 2.24) is 0 Å². The van der Waals surface area contributed by atoms with Crippen LogP contribution in [0.3, 0.4) is 0 Å². The van der Waals surface area contributed by atoms with Crippen LogP contribution in [0, 0.1) is 10.8 Å². The number of methoxy groups -OCH3 is 1. The molecule has 0 saturated carbocycles. The maximum Gasteiger partial charge on any atom is 0.196 e. The monoisotopic (exact) mass is 364 g/mol. The average Bonchev–Trinajstić information content (AvgIpc) is 2.96. The minimum atomic E-state index is -0.0447. The highest BCUT2D eigenvalue weighted by molar-refractivity contribution is 6.10. The Labute approximate surface area is 162 Å². The van der Waals surface area contributed by atoms with E-state index in [-0.39, 0.29) is 16.6 Å². The smallest absolute Gasteiger partial charge is 0.196 e. The van der Waals surface area contributed by atoms with Crippen molar-refractivity contribution in [2.45, 2.75) is 34.6 Å². The van der Waals surface area contributed by atoms with Crippen LogP contribution in [0.2, 0.25) is 0 Å². The summed E-state index contributed by atoms with van der Waals surface area (Å²) in [6.45, 7) is 11.7. The third kappa shape index (κ3) is 3.64. The van der Waals surface area contributed by atoms with Crippen LogP contribution < -0.4 is 4.74 Å². The molecular formula is C24H28O3. The molecule has 0 bridgehead atoms. The fraction of sp³-hybridized carbons (Fsp3) is 0.375. The van der Waals surface area contributed by atoms with Gasteiger partial charge in [0, 0.05) is 16.5 Å². The number of ether oxygens (including phenoxy) is 2. The van der Waals surface area contributed by atoms with Crippen LogP contribution in [0.25, 0.3) is 5.76 Å². The van der Waals surface area contributed by atoms with Crippen molar-refractivity contribution in [3.8, 4) is 5.75 Å². The number of carbonyl (C=O) groups excluding carboxylic acids is 1. The number of hydrogen-bond donors (Lipinski definition) is 0. The Hall–Kier alpha value is -2.55. The normalized spacial score (nSPS) is 16.2. The van der Waals surface area contributed by atoms with Crippen molar-refractivity contribution in [1.29, 1.82) is 0 Å². The Kier molecular flexibility index (Phi) is 4.90. The number of hydrogen-bond acceptors (Lipinski definition) is 3. The van der Waals surface area contributed by atoms with Gasteiger partial charge in [0.1, 0.15) is 11.5 Å². The molecule has 0 unspecified atom stereocenters. The van der Waals surface area contributed by atoms with Crippen LogP contribution >= 0.6 is 0 Å².